The van der Waals surface area contributed by atoms with Crippen LogP contribution in [0.2, 0.25) is 0 Å². The molecule has 0 spiro atoms. The van der Waals surface area contributed by atoms with Gasteiger partial charge in [-0.25, -0.2) is 4.39 Å². The van der Waals surface area contributed by atoms with Gasteiger partial charge in [0.2, 0.25) is 0 Å². The average molecular weight is 405 g/mol. The Morgan fingerprint density at radius 2 is 1.77 bits per heavy atom. The molecule has 1 amide bonds. The van der Waals surface area contributed by atoms with E-state index >= 15 is 0 Å². The zero-order valence-corrected chi connectivity index (χ0v) is 16.3. The molecule has 1 aliphatic heterocycles. The lowest BCUT2D eigenvalue weighted by Gasteiger charge is -2.35. The summed E-state index contributed by atoms with van der Waals surface area (Å²) in [4.78, 5) is 16.6. The molecule has 2 aromatic carbocycles. The van der Waals surface area contributed by atoms with Crippen molar-refractivity contribution in [2.45, 2.75) is 6.61 Å². The number of benzene rings is 2. The number of rotatable bonds is 5. The number of nitrogens with zero attached hydrogens (tertiary/aromatic N) is 3. The van der Waals surface area contributed by atoms with E-state index in [0.29, 0.717) is 43.3 Å². The summed E-state index contributed by atoms with van der Waals surface area (Å²) in [5.74, 6) is 0.813. The minimum atomic E-state index is -0.263. The fraction of sp³-hybridized carbons (Fsp3) is 0.217. The lowest BCUT2D eigenvalue weighted by molar-refractivity contribution is 0.0710. The molecule has 0 unspecified atom stereocenters. The van der Waals surface area contributed by atoms with Crippen molar-refractivity contribution in [2.75, 3.05) is 31.1 Å². The number of carbonyl (C=O) groups excluding carboxylic acids is 1. The van der Waals surface area contributed by atoms with Gasteiger partial charge in [-0.15, -0.1) is 0 Å². The maximum atomic E-state index is 13.1. The van der Waals surface area contributed by atoms with E-state index in [2.05, 4.69) is 11.0 Å². The molecule has 1 aromatic heterocycles. The molecular weight excluding hydrogens is 385 g/mol. The molecule has 0 saturated carbocycles. The van der Waals surface area contributed by atoms with Gasteiger partial charge >= 0.3 is 0 Å². The zero-order valence-electron chi connectivity index (χ0n) is 16.3. The van der Waals surface area contributed by atoms with Gasteiger partial charge in [0.15, 0.2) is 5.76 Å². The van der Waals surface area contributed by atoms with Crippen LogP contribution >= 0.6 is 0 Å². The molecule has 30 heavy (non-hydrogen) atoms. The van der Waals surface area contributed by atoms with E-state index in [0.717, 1.165) is 5.69 Å². The number of ether oxygens (including phenoxy) is 1. The van der Waals surface area contributed by atoms with Crippen LogP contribution in [0.25, 0.3) is 0 Å². The summed E-state index contributed by atoms with van der Waals surface area (Å²) in [7, 11) is 0. The van der Waals surface area contributed by atoms with Crippen molar-refractivity contribution < 1.29 is 18.3 Å². The standard InChI is InChI=1S/C23H20FN3O3/c24-18-5-7-19(8-6-18)26-11-13-27(14-12-26)23(28)22-10-9-20(30-22)16-29-21-4-2-1-3-17(21)15-25/h1-10H,11-14,16H2. The van der Waals surface area contributed by atoms with Gasteiger partial charge in [0.05, 0.1) is 5.56 Å². The first-order valence-electron chi connectivity index (χ1n) is 9.64. The molecule has 3 aromatic rings. The maximum Gasteiger partial charge on any atom is 0.289 e. The highest BCUT2D eigenvalue weighted by Gasteiger charge is 2.24. The molecule has 1 aliphatic rings. The summed E-state index contributed by atoms with van der Waals surface area (Å²) < 4.78 is 24.4. The first kappa shape index (κ1) is 19.5. The number of hydrogen-bond donors (Lipinski definition) is 0. The Morgan fingerprint density at radius 1 is 1.03 bits per heavy atom. The van der Waals surface area contributed by atoms with Crippen molar-refractivity contribution in [1.82, 2.24) is 4.90 Å². The normalized spacial score (nSPS) is 13.7. The lowest BCUT2D eigenvalue weighted by Crippen LogP contribution is -2.48. The Morgan fingerprint density at radius 3 is 2.50 bits per heavy atom. The molecule has 152 valence electrons. The van der Waals surface area contributed by atoms with Gasteiger partial charge in [-0.3, -0.25) is 4.79 Å². The molecule has 6 nitrogen and oxygen atoms in total. The highest BCUT2D eigenvalue weighted by molar-refractivity contribution is 5.91. The topological polar surface area (TPSA) is 69.7 Å². The highest BCUT2D eigenvalue weighted by atomic mass is 19.1. The van der Waals surface area contributed by atoms with E-state index in [1.54, 1.807) is 53.4 Å². The minimum absolute atomic E-state index is 0.129. The minimum Gasteiger partial charge on any atom is -0.484 e. The van der Waals surface area contributed by atoms with Gasteiger partial charge in [-0.05, 0) is 48.5 Å². The van der Waals surface area contributed by atoms with Crippen LogP contribution in [0.4, 0.5) is 10.1 Å². The van der Waals surface area contributed by atoms with Crippen molar-refractivity contribution >= 4 is 11.6 Å². The van der Waals surface area contributed by atoms with Gasteiger partial charge in [0.25, 0.3) is 5.91 Å². The Labute approximate surface area is 173 Å². The summed E-state index contributed by atoms with van der Waals surface area (Å²) in [6, 6.07) is 18.7. The van der Waals surface area contributed by atoms with Crippen molar-refractivity contribution in [1.29, 1.82) is 5.26 Å². The number of hydrogen-bond acceptors (Lipinski definition) is 5. The first-order chi connectivity index (χ1) is 14.6. The summed E-state index contributed by atoms with van der Waals surface area (Å²) in [6.45, 7) is 2.57. The maximum absolute atomic E-state index is 13.1. The van der Waals surface area contributed by atoms with E-state index in [9.17, 15) is 9.18 Å². The predicted molar refractivity (Wildman–Crippen MR) is 109 cm³/mol. The Hall–Kier alpha value is -3.79. The Bertz CT molecular complexity index is 1060. The van der Waals surface area contributed by atoms with Crippen LogP contribution in [0, 0.1) is 17.1 Å². The molecule has 1 saturated heterocycles. The number of amides is 1. The Balaban J connectivity index is 1.33. The SMILES string of the molecule is N#Cc1ccccc1OCc1ccc(C(=O)N2CCN(c3ccc(F)cc3)CC2)o1. The van der Waals surface area contributed by atoms with Gasteiger partial charge < -0.3 is 19.0 Å². The van der Waals surface area contributed by atoms with Crippen molar-refractivity contribution in [3.63, 3.8) is 0 Å². The average Bonchev–Trinajstić information content (AvgIpc) is 3.27. The third-order valence-corrected chi connectivity index (χ3v) is 5.01. The van der Waals surface area contributed by atoms with Crippen molar-refractivity contribution in [2.24, 2.45) is 0 Å². The van der Waals surface area contributed by atoms with Crippen LogP contribution in [0.5, 0.6) is 5.75 Å². The van der Waals surface area contributed by atoms with Crippen LogP contribution in [0.15, 0.2) is 65.1 Å². The Kier molecular flexibility index (Phi) is 5.66. The molecule has 4 rings (SSSR count). The van der Waals surface area contributed by atoms with Crippen LogP contribution in [-0.4, -0.2) is 37.0 Å². The number of carbonyl (C=O) groups is 1. The number of piperazine rings is 1. The third kappa shape index (κ3) is 4.28. The molecule has 7 heteroatoms. The largest absolute Gasteiger partial charge is 0.484 e. The first-order valence-corrected chi connectivity index (χ1v) is 9.64. The fourth-order valence-electron chi connectivity index (χ4n) is 3.38. The number of para-hydroxylation sites is 1. The molecule has 0 atom stereocenters. The molecule has 0 N–H and O–H groups in total. The number of furan rings is 1. The molecule has 2 heterocycles. The summed E-state index contributed by atoms with van der Waals surface area (Å²) >= 11 is 0. The summed E-state index contributed by atoms with van der Waals surface area (Å²) in [5.41, 5.74) is 1.39. The smallest absolute Gasteiger partial charge is 0.289 e. The molecule has 1 fully saturated rings. The van der Waals surface area contributed by atoms with Crippen LogP contribution in [0.3, 0.4) is 0 Å². The second-order valence-corrected chi connectivity index (χ2v) is 6.92. The monoisotopic (exact) mass is 405 g/mol. The lowest BCUT2D eigenvalue weighted by atomic mass is 10.2. The van der Waals surface area contributed by atoms with E-state index in [4.69, 9.17) is 14.4 Å². The van der Waals surface area contributed by atoms with E-state index in [-0.39, 0.29) is 24.1 Å². The van der Waals surface area contributed by atoms with E-state index < -0.39 is 0 Å². The molecule has 0 bridgehead atoms. The zero-order chi connectivity index (χ0) is 20.9. The van der Waals surface area contributed by atoms with Crippen molar-refractivity contribution in [3.05, 3.63) is 83.6 Å². The van der Waals surface area contributed by atoms with Crippen LogP contribution in [0.1, 0.15) is 21.9 Å². The van der Waals surface area contributed by atoms with Gasteiger partial charge in [0, 0.05) is 31.9 Å². The second kappa shape index (κ2) is 8.70. The number of anilines is 1. The van der Waals surface area contributed by atoms with Gasteiger partial charge in [0.1, 0.15) is 30.0 Å². The second-order valence-electron chi connectivity index (χ2n) is 6.92. The van der Waals surface area contributed by atoms with Crippen LogP contribution in [-0.2, 0) is 6.61 Å². The highest BCUT2D eigenvalue weighted by Crippen LogP contribution is 2.21. The van der Waals surface area contributed by atoms with Crippen molar-refractivity contribution in [3.8, 4) is 11.8 Å². The van der Waals surface area contributed by atoms with Crippen LogP contribution < -0.4 is 9.64 Å². The molecule has 0 aliphatic carbocycles. The summed E-state index contributed by atoms with van der Waals surface area (Å²) in [6.07, 6.45) is 0. The summed E-state index contributed by atoms with van der Waals surface area (Å²) in [5, 5.41) is 9.12. The molecular formula is C23H20FN3O3. The number of nitriles is 1. The van der Waals surface area contributed by atoms with E-state index in [1.165, 1.54) is 12.1 Å². The predicted octanol–water partition coefficient (Wildman–Crippen LogP) is 3.83. The van der Waals surface area contributed by atoms with Gasteiger partial charge in [-0.2, -0.15) is 5.26 Å². The molecule has 0 radical (unpaired) electrons. The van der Waals surface area contributed by atoms with Gasteiger partial charge in [-0.1, -0.05) is 12.1 Å². The fourth-order valence-corrected chi connectivity index (χ4v) is 3.38. The third-order valence-electron chi connectivity index (χ3n) is 5.01. The quantitative estimate of drug-likeness (QED) is 0.645. The van der Waals surface area contributed by atoms with E-state index in [1.807, 2.05) is 0 Å². The number of halogens is 1.